The molecule has 2 aromatic carbocycles. The molecule has 1 aromatic heterocycles. The Bertz CT molecular complexity index is 1050. The van der Waals surface area contributed by atoms with Gasteiger partial charge in [-0.05, 0) is 72.2 Å². The summed E-state index contributed by atoms with van der Waals surface area (Å²) in [7, 11) is 0. The van der Waals surface area contributed by atoms with Crippen LogP contribution in [-0.2, 0) is 30.5 Å². The minimum absolute atomic E-state index is 0. The van der Waals surface area contributed by atoms with Crippen LogP contribution in [-0.4, -0.2) is 10.9 Å². The second-order valence-electron chi connectivity index (χ2n) is 7.21. The van der Waals surface area contributed by atoms with E-state index in [1.54, 1.807) is 12.1 Å². The molecule has 1 aliphatic carbocycles. The van der Waals surface area contributed by atoms with E-state index in [-0.39, 0.29) is 29.8 Å². The smallest absolute Gasteiger partial charge is 0.221 e. The van der Waals surface area contributed by atoms with Crippen LogP contribution < -0.4 is 5.73 Å². The highest BCUT2D eigenvalue weighted by Gasteiger charge is 2.19. The molecule has 3 aromatic rings. The molecule has 1 heterocycles. The van der Waals surface area contributed by atoms with Crippen molar-refractivity contribution in [3.63, 3.8) is 0 Å². The Kier molecular flexibility index (Phi) is 6.56. The molecule has 4 rings (SSSR count). The van der Waals surface area contributed by atoms with Crippen molar-refractivity contribution in [3.8, 4) is 11.3 Å². The van der Waals surface area contributed by atoms with Crippen molar-refractivity contribution in [1.82, 2.24) is 4.98 Å². The summed E-state index contributed by atoms with van der Waals surface area (Å²) in [6, 6.07) is 14.8. The van der Waals surface area contributed by atoms with E-state index in [0.29, 0.717) is 0 Å². The lowest BCUT2D eigenvalue weighted by molar-refractivity contribution is -0.117. The van der Waals surface area contributed by atoms with Crippen molar-refractivity contribution in [2.75, 3.05) is 0 Å². The molecule has 6 heteroatoms. The second kappa shape index (κ2) is 8.93. The Morgan fingerprint density at radius 3 is 2.48 bits per heavy atom. The number of benzene rings is 2. The largest absolute Gasteiger partial charge is 0.369 e. The van der Waals surface area contributed by atoms with Crippen LogP contribution in [0.4, 0.5) is 4.39 Å². The standard InChI is InChI=1S/C23H20ClFN2O.ClH/c24-19-12-16(8-9-20(19)25)22-13-17(18-2-1-3-21(18)27-22)10-14-4-6-15(7-5-14)11-23(26)28;/h4-9,12-13H,1-3,10-11H2,(H2,26,28);1H. The lowest BCUT2D eigenvalue weighted by atomic mass is 9.96. The molecule has 0 fully saturated rings. The van der Waals surface area contributed by atoms with Gasteiger partial charge in [0.1, 0.15) is 5.82 Å². The fourth-order valence-corrected chi connectivity index (χ4v) is 3.96. The third-order valence-corrected chi connectivity index (χ3v) is 5.44. The van der Waals surface area contributed by atoms with Gasteiger partial charge in [0.25, 0.3) is 0 Å². The van der Waals surface area contributed by atoms with Gasteiger partial charge in [-0.1, -0.05) is 35.9 Å². The third-order valence-electron chi connectivity index (χ3n) is 5.15. The molecule has 0 bridgehead atoms. The van der Waals surface area contributed by atoms with E-state index in [1.807, 2.05) is 24.3 Å². The van der Waals surface area contributed by atoms with Crippen LogP contribution >= 0.6 is 24.0 Å². The van der Waals surface area contributed by atoms with E-state index >= 15 is 0 Å². The number of pyridine rings is 1. The molecule has 0 aliphatic heterocycles. The van der Waals surface area contributed by atoms with Crippen LogP contribution in [0, 0.1) is 5.82 Å². The van der Waals surface area contributed by atoms with Gasteiger partial charge < -0.3 is 5.73 Å². The number of halogens is 3. The van der Waals surface area contributed by atoms with Gasteiger partial charge in [-0.2, -0.15) is 0 Å². The molecule has 0 atom stereocenters. The number of carbonyl (C=O) groups excluding carboxylic acids is 1. The second-order valence-corrected chi connectivity index (χ2v) is 7.62. The minimum atomic E-state index is -0.428. The number of hydrogen-bond donors (Lipinski definition) is 1. The first-order valence-corrected chi connectivity index (χ1v) is 9.70. The molecule has 150 valence electrons. The topological polar surface area (TPSA) is 56.0 Å². The minimum Gasteiger partial charge on any atom is -0.369 e. The number of aryl methyl sites for hydroxylation is 1. The Balaban J connectivity index is 0.00000240. The summed E-state index contributed by atoms with van der Waals surface area (Å²) in [4.78, 5) is 15.9. The highest BCUT2D eigenvalue weighted by molar-refractivity contribution is 6.31. The number of hydrogen-bond acceptors (Lipinski definition) is 2. The van der Waals surface area contributed by atoms with Crippen LogP contribution in [0.5, 0.6) is 0 Å². The summed E-state index contributed by atoms with van der Waals surface area (Å²) >= 11 is 5.97. The van der Waals surface area contributed by atoms with E-state index in [0.717, 1.165) is 53.8 Å². The first kappa shape index (κ1) is 21.3. The van der Waals surface area contributed by atoms with Crippen molar-refractivity contribution in [2.45, 2.75) is 32.1 Å². The summed E-state index contributed by atoms with van der Waals surface area (Å²) in [5.74, 6) is -0.759. The summed E-state index contributed by atoms with van der Waals surface area (Å²) in [6.45, 7) is 0. The van der Waals surface area contributed by atoms with Crippen LogP contribution in [0.15, 0.2) is 48.5 Å². The van der Waals surface area contributed by atoms with Gasteiger partial charge in [0, 0.05) is 11.3 Å². The predicted octanol–water partition coefficient (Wildman–Crippen LogP) is 5.07. The maximum Gasteiger partial charge on any atom is 0.221 e. The van der Waals surface area contributed by atoms with Crippen LogP contribution in [0.3, 0.4) is 0 Å². The van der Waals surface area contributed by atoms with E-state index in [2.05, 4.69) is 6.07 Å². The average molecular weight is 431 g/mol. The SMILES string of the molecule is Cl.NC(=O)Cc1ccc(Cc2cc(-c3ccc(F)c(Cl)c3)nc3c2CCC3)cc1. The summed E-state index contributed by atoms with van der Waals surface area (Å²) in [6.07, 6.45) is 4.12. The molecule has 0 spiro atoms. The first-order chi connectivity index (χ1) is 13.5. The Morgan fingerprint density at radius 2 is 1.79 bits per heavy atom. The Morgan fingerprint density at radius 1 is 1.07 bits per heavy atom. The van der Waals surface area contributed by atoms with Gasteiger partial charge in [0.2, 0.25) is 5.91 Å². The molecule has 2 N–H and O–H groups in total. The number of carbonyl (C=O) groups is 1. The summed E-state index contributed by atoms with van der Waals surface area (Å²) in [5.41, 5.74) is 12.7. The van der Waals surface area contributed by atoms with Gasteiger partial charge >= 0.3 is 0 Å². The summed E-state index contributed by atoms with van der Waals surface area (Å²) in [5, 5.41) is 0.103. The van der Waals surface area contributed by atoms with Gasteiger partial charge in [0.05, 0.1) is 17.1 Å². The number of rotatable bonds is 5. The number of aromatic nitrogens is 1. The number of primary amides is 1. The lowest BCUT2D eigenvalue weighted by Gasteiger charge is -2.12. The van der Waals surface area contributed by atoms with E-state index in [9.17, 15) is 9.18 Å². The monoisotopic (exact) mass is 430 g/mol. The zero-order chi connectivity index (χ0) is 19.7. The van der Waals surface area contributed by atoms with Gasteiger partial charge in [-0.25, -0.2) is 4.39 Å². The normalized spacial score (nSPS) is 12.3. The number of amides is 1. The maximum absolute atomic E-state index is 13.5. The van der Waals surface area contributed by atoms with Crippen molar-refractivity contribution >= 4 is 29.9 Å². The van der Waals surface area contributed by atoms with Crippen molar-refractivity contribution < 1.29 is 9.18 Å². The molecule has 0 radical (unpaired) electrons. The Hall–Kier alpha value is -2.43. The summed E-state index contributed by atoms with van der Waals surface area (Å²) < 4.78 is 13.5. The molecule has 1 amide bonds. The van der Waals surface area contributed by atoms with Gasteiger partial charge in [-0.15, -0.1) is 12.4 Å². The Labute approximate surface area is 180 Å². The van der Waals surface area contributed by atoms with E-state index in [4.69, 9.17) is 22.3 Å². The van der Waals surface area contributed by atoms with Gasteiger partial charge in [-0.3, -0.25) is 9.78 Å². The predicted molar refractivity (Wildman–Crippen MR) is 116 cm³/mol. The third kappa shape index (κ3) is 4.77. The average Bonchev–Trinajstić information content (AvgIpc) is 3.14. The number of nitrogens with two attached hydrogens (primary N) is 1. The fourth-order valence-electron chi connectivity index (χ4n) is 3.78. The number of nitrogens with zero attached hydrogens (tertiary/aromatic N) is 1. The molecular weight excluding hydrogens is 410 g/mol. The molecule has 3 nitrogen and oxygen atoms in total. The van der Waals surface area contributed by atoms with Gasteiger partial charge in [0.15, 0.2) is 0 Å². The van der Waals surface area contributed by atoms with E-state index in [1.165, 1.54) is 17.2 Å². The first-order valence-electron chi connectivity index (χ1n) is 9.33. The maximum atomic E-state index is 13.5. The van der Waals surface area contributed by atoms with Crippen molar-refractivity contribution in [2.24, 2.45) is 5.73 Å². The quantitative estimate of drug-likeness (QED) is 0.613. The highest BCUT2D eigenvalue weighted by atomic mass is 35.5. The van der Waals surface area contributed by atoms with Crippen molar-refractivity contribution in [3.05, 3.63) is 87.3 Å². The van der Waals surface area contributed by atoms with Crippen molar-refractivity contribution in [1.29, 1.82) is 0 Å². The number of fused-ring (bicyclic) bond motifs is 1. The molecule has 0 unspecified atom stereocenters. The molecule has 1 aliphatic rings. The van der Waals surface area contributed by atoms with Crippen LogP contribution in [0.1, 0.15) is 34.4 Å². The van der Waals surface area contributed by atoms with Crippen LogP contribution in [0.25, 0.3) is 11.3 Å². The molecule has 0 saturated heterocycles. The van der Waals surface area contributed by atoms with Crippen LogP contribution in [0.2, 0.25) is 5.02 Å². The molecular formula is C23H21Cl2FN2O. The fraction of sp³-hybridized carbons (Fsp3) is 0.217. The zero-order valence-electron chi connectivity index (χ0n) is 15.8. The molecule has 29 heavy (non-hydrogen) atoms. The molecule has 0 saturated carbocycles. The van der Waals surface area contributed by atoms with E-state index < -0.39 is 5.82 Å². The highest BCUT2D eigenvalue weighted by Crippen LogP contribution is 2.31. The zero-order valence-corrected chi connectivity index (χ0v) is 17.3. The lowest BCUT2D eigenvalue weighted by Crippen LogP contribution is -2.13.